The molecule has 1 aliphatic carbocycles. The zero-order valence-corrected chi connectivity index (χ0v) is 22.9. The van der Waals surface area contributed by atoms with Crippen molar-refractivity contribution in [1.82, 2.24) is 9.88 Å². The van der Waals surface area contributed by atoms with Crippen LogP contribution in [-0.2, 0) is 17.6 Å². The Hall–Kier alpha value is -3.35. The van der Waals surface area contributed by atoms with Crippen molar-refractivity contribution in [2.45, 2.75) is 77.6 Å². The SMILES string of the molecule is CCc1cc(O)ccc1CCC(=O)CC1CCC(CC2CCN(C(=O)c3ccc4[nH]c(=O)oc4c3)CC2)CC1. The van der Waals surface area contributed by atoms with Crippen molar-refractivity contribution in [3.05, 3.63) is 63.6 Å². The lowest BCUT2D eigenvalue weighted by molar-refractivity contribution is -0.120. The summed E-state index contributed by atoms with van der Waals surface area (Å²) in [6, 6.07) is 10.6. The number of aromatic nitrogens is 1. The largest absolute Gasteiger partial charge is 0.508 e. The van der Waals surface area contributed by atoms with E-state index in [1.165, 1.54) is 24.8 Å². The summed E-state index contributed by atoms with van der Waals surface area (Å²) in [7, 11) is 0. The number of likely N-dealkylation sites (tertiary alicyclic amines) is 1. The zero-order valence-electron chi connectivity index (χ0n) is 22.9. The fourth-order valence-electron chi connectivity index (χ4n) is 6.66. The van der Waals surface area contributed by atoms with Crippen molar-refractivity contribution < 1.29 is 19.1 Å². The highest BCUT2D eigenvalue weighted by Gasteiger charge is 2.29. The first-order chi connectivity index (χ1) is 18.9. The second kappa shape index (κ2) is 12.2. The fraction of sp³-hybridized carbons (Fsp3) is 0.531. The number of aromatic amines is 1. The number of aryl methyl sites for hydroxylation is 2. The predicted octanol–water partition coefficient (Wildman–Crippen LogP) is 6.03. The predicted molar refractivity (Wildman–Crippen MR) is 151 cm³/mol. The molecule has 0 unspecified atom stereocenters. The number of aromatic hydroxyl groups is 1. The van der Waals surface area contributed by atoms with Crippen molar-refractivity contribution >= 4 is 22.8 Å². The van der Waals surface area contributed by atoms with Gasteiger partial charge in [0, 0.05) is 31.5 Å². The molecule has 0 radical (unpaired) electrons. The molecule has 7 nitrogen and oxygen atoms in total. The number of nitrogens with one attached hydrogen (secondary N) is 1. The Labute approximate surface area is 229 Å². The number of carbonyl (C=O) groups is 2. The Morgan fingerprint density at radius 2 is 1.67 bits per heavy atom. The number of oxazole rings is 1. The van der Waals surface area contributed by atoms with Gasteiger partial charge < -0.3 is 14.4 Å². The van der Waals surface area contributed by atoms with Gasteiger partial charge in [0.15, 0.2) is 5.58 Å². The molecule has 0 bridgehead atoms. The minimum Gasteiger partial charge on any atom is -0.508 e. The smallest absolute Gasteiger partial charge is 0.417 e. The maximum atomic E-state index is 13.0. The van der Waals surface area contributed by atoms with Gasteiger partial charge in [-0.2, -0.15) is 0 Å². The third-order valence-corrected chi connectivity index (χ3v) is 8.96. The Morgan fingerprint density at radius 3 is 2.41 bits per heavy atom. The highest BCUT2D eigenvalue weighted by Crippen LogP contribution is 2.37. The van der Waals surface area contributed by atoms with Crippen LogP contribution in [0, 0.1) is 17.8 Å². The molecule has 0 atom stereocenters. The van der Waals surface area contributed by atoms with E-state index in [9.17, 15) is 19.5 Å². The van der Waals surface area contributed by atoms with E-state index in [1.807, 2.05) is 17.0 Å². The average molecular weight is 533 g/mol. The van der Waals surface area contributed by atoms with Gasteiger partial charge in [-0.3, -0.25) is 14.6 Å². The topological polar surface area (TPSA) is 104 Å². The Balaban J connectivity index is 1.01. The van der Waals surface area contributed by atoms with Gasteiger partial charge in [-0.1, -0.05) is 25.8 Å². The first-order valence-electron chi connectivity index (χ1n) is 14.6. The summed E-state index contributed by atoms with van der Waals surface area (Å²) in [4.78, 5) is 41.6. The lowest BCUT2D eigenvalue weighted by atomic mass is 9.75. The highest BCUT2D eigenvalue weighted by atomic mass is 16.4. The number of Topliss-reactive ketones (excluding diaryl/α,β-unsaturated/α-hetero) is 1. The number of piperidine rings is 1. The molecule has 2 fully saturated rings. The van der Waals surface area contributed by atoms with Crippen LogP contribution in [0.5, 0.6) is 5.75 Å². The summed E-state index contributed by atoms with van der Waals surface area (Å²) >= 11 is 0. The molecular weight excluding hydrogens is 492 g/mol. The summed E-state index contributed by atoms with van der Waals surface area (Å²) in [5.41, 5.74) is 3.89. The molecule has 1 aromatic heterocycles. The normalized spacial score (nSPS) is 20.4. The molecule has 208 valence electrons. The number of carbonyl (C=O) groups excluding carboxylic acids is 2. The van der Waals surface area contributed by atoms with Crippen LogP contribution in [0.25, 0.3) is 11.1 Å². The van der Waals surface area contributed by atoms with E-state index in [1.54, 1.807) is 24.3 Å². The molecular formula is C32H40N2O5. The second-order valence-corrected chi connectivity index (χ2v) is 11.6. The van der Waals surface area contributed by atoms with Gasteiger partial charge >= 0.3 is 5.76 Å². The van der Waals surface area contributed by atoms with E-state index in [0.717, 1.165) is 63.1 Å². The maximum absolute atomic E-state index is 13.0. The number of nitrogens with zero attached hydrogens (tertiary/aromatic N) is 1. The molecule has 2 N–H and O–H groups in total. The number of fused-ring (bicyclic) bond motifs is 1. The monoisotopic (exact) mass is 532 g/mol. The van der Waals surface area contributed by atoms with E-state index in [-0.39, 0.29) is 5.91 Å². The number of amides is 1. The van der Waals surface area contributed by atoms with Crippen molar-refractivity contribution in [2.24, 2.45) is 17.8 Å². The lowest BCUT2D eigenvalue weighted by Crippen LogP contribution is -2.39. The average Bonchev–Trinajstić information content (AvgIpc) is 3.32. The number of benzene rings is 2. The van der Waals surface area contributed by atoms with Gasteiger partial charge in [-0.05, 0) is 104 Å². The molecule has 2 heterocycles. The van der Waals surface area contributed by atoms with Crippen LogP contribution in [0.2, 0.25) is 0 Å². The molecule has 39 heavy (non-hydrogen) atoms. The van der Waals surface area contributed by atoms with Crippen LogP contribution in [-0.4, -0.2) is 39.8 Å². The van der Waals surface area contributed by atoms with Crippen molar-refractivity contribution in [1.29, 1.82) is 0 Å². The Morgan fingerprint density at radius 1 is 0.949 bits per heavy atom. The first-order valence-corrected chi connectivity index (χ1v) is 14.6. The molecule has 0 spiro atoms. The van der Waals surface area contributed by atoms with E-state index in [4.69, 9.17) is 4.42 Å². The molecule has 1 saturated carbocycles. The minimum absolute atomic E-state index is 0.000652. The number of rotatable bonds is 9. The number of H-pyrrole nitrogens is 1. The first kappa shape index (κ1) is 27.2. The molecule has 1 aliphatic heterocycles. The van der Waals surface area contributed by atoms with E-state index in [2.05, 4.69) is 11.9 Å². The fourth-order valence-corrected chi connectivity index (χ4v) is 6.66. The van der Waals surface area contributed by atoms with Gasteiger partial charge in [-0.15, -0.1) is 0 Å². The molecule has 2 aliphatic rings. The van der Waals surface area contributed by atoms with Crippen LogP contribution in [0.3, 0.4) is 0 Å². The zero-order chi connectivity index (χ0) is 27.4. The minimum atomic E-state index is -0.507. The van der Waals surface area contributed by atoms with Crippen molar-refractivity contribution in [2.75, 3.05) is 13.1 Å². The summed E-state index contributed by atoms with van der Waals surface area (Å²) < 4.78 is 5.11. The van der Waals surface area contributed by atoms with Crippen LogP contribution >= 0.6 is 0 Å². The second-order valence-electron chi connectivity index (χ2n) is 11.6. The van der Waals surface area contributed by atoms with Crippen LogP contribution in [0.1, 0.15) is 86.2 Å². The Bertz CT molecular complexity index is 1360. The number of phenolic OH excluding ortho intramolecular Hbond substituents is 1. The molecule has 7 heteroatoms. The van der Waals surface area contributed by atoms with Gasteiger partial charge in [0.1, 0.15) is 11.5 Å². The molecule has 1 amide bonds. The van der Waals surface area contributed by atoms with Crippen LogP contribution in [0.15, 0.2) is 45.6 Å². The summed E-state index contributed by atoms with van der Waals surface area (Å²) in [5.74, 6) is 2.05. The van der Waals surface area contributed by atoms with Gasteiger partial charge in [0.2, 0.25) is 0 Å². The summed E-state index contributed by atoms with van der Waals surface area (Å²) in [6.07, 6.45) is 10.9. The third-order valence-electron chi connectivity index (χ3n) is 8.96. The van der Waals surface area contributed by atoms with E-state index in [0.29, 0.717) is 52.9 Å². The van der Waals surface area contributed by atoms with Gasteiger partial charge in [-0.25, -0.2) is 4.79 Å². The Kier molecular flexibility index (Phi) is 8.53. The number of ketones is 1. The van der Waals surface area contributed by atoms with Crippen LogP contribution < -0.4 is 5.76 Å². The van der Waals surface area contributed by atoms with Crippen LogP contribution in [0.4, 0.5) is 0 Å². The number of hydrogen-bond donors (Lipinski definition) is 2. The van der Waals surface area contributed by atoms with Gasteiger partial charge in [0.05, 0.1) is 5.52 Å². The van der Waals surface area contributed by atoms with E-state index >= 15 is 0 Å². The standard InChI is InChI=1S/C32H40N2O5/c1-2-24-19-28(36)11-8-25(24)7-10-27(35)18-22-5-3-21(4-6-22)17-23-13-15-34(16-14-23)31(37)26-9-12-29-30(20-26)39-32(38)33-29/h8-9,11-12,19-23,36H,2-7,10,13-18H2,1H3,(H,33,38). The molecule has 5 rings (SSSR count). The van der Waals surface area contributed by atoms with Gasteiger partial charge in [0.25, 0.3) is 5.91 Å². The van der Waals surface area contributed by atoms with E-state index < -0.39 is 5.76 Å². The number of phenols is 1. The molecule has 1 saturated heterocycles. The highest BCUT2D eigenvalue weighted by molar-refractivity contribution is 5.97. The van der Waals surface area contributed by atoms with Crippen molar-refractivity contribution in [3.8, 4) is 5.75 Å². The quantitative estimate of drug-likeness (QED) is 0.350. The third kappa shape index (κ3) is 6.81. The van der Waals surface area contributed by atoms with Crippen molar-refractivity contribution in [3.63, 3.8) is 0 Å². The molecule has 2 aromatic carbocycles. The molecule has 3 aromatic rings. The summed E-state index contributed by atoms with van der Waals surface area (Å²) in [5, 5.41) is 9.70. The lowest BCUT2D eigenvalue weighted by Gasteiger charge is -2.35. The maximum Gasteiger partial charge on any atom is 0.417 e. The number of hydrogen-bond acceptors (Lipinski definition) is 5. The summed E-state index contributed by atoms with van der Waals surface area (Å²) in [6.45, 7) is 3.61.